The van der Waals surface area contributed by atoms with Gasteiger partial charge < -0.3 is 25.4 Å². The number of nitrogens with one attached hydrogen (secondary N) is 1. The van der Waals surface area contributed by atoms with Crippen LogP contribution in [0.5, 0.6) is 11.5 Å². The SMILES string of the molecule is COc1ccc(NC(=O)CN2CC(C)Oc3cc(N)ccc32)cc1. The van der Waals surface area contributed by atoms with Crippen LogP contribution in [0.4, 0.5) is 17.1 Å². The number of nitrogens with two attached hydrogens (primary N) is 1. The molecule has 0 bridgehead atoms. The first-order valence-electron chi connectivity index (χ1n) is 7.80. The Morgan fingerprint density at radius 1 is 1.33 bits per heavy atom. The molecule has 1 atom stereocenters. The Hall–Kier alpha value is -2.89. The summed E-state index contributed by atoms with van der Waals surface area (Å²) in [6.45, 7) is 2.87. The fourth-order valence-electron chi connectivity index (χ4n) is 2.75. The van der Waals surface area contributed by atoms with E-state index >= 15 is 0 Å². The molecule has 1 unspecified atom stereocenters. The molecule has 0 saturated carbocycles. The minimum absolute atomic E-state index is 0.00640. The van der Waals surface area contributed by atoms with E-state index in [0.29, 0.717) is 18.0 Å². The van der Waals surface area contributed by atoms with Crippen molar-refractivity contribution in [2.75, 3.05) is 36.1 Å². The number of methoxy groups -OCH3 is 1. The highest BCUT2D eigenvalue weighted by molar-refractivity contribution is 5.94. The first kappa shape index (κ1) is 16.0. The van der Waals surface area contributed by atoms with Crippen LogP contribution in [-0.4, -0.2) is 32.2 Å². The molecule has 126 valence electrons. The van der Waals surface area contributed by atoms with E-state index in [-0.39, 0.29) is 18.6 Å². The van der Waals surface area contributed by atoms with Crippen molar-refractivity contribution in [1.29, 1.82) is 0 Å². The lowest BCUT2D eigenvalue weighted by Crippen LogP contribution is -2.42. The number of anilines is 3. The van der Waals surface area contributed by atoms with Gasteiger partial charge in [0.25, 0.3) is 0 Å². The van der Waals surface area contributed by atoms with Gasteiger partial charge in [0.15, 0.2) is 0 Å². The molecule has 24 heavy (non-hydrogen) atoms. The van der Waals surface area contributed by atoms with Crippen LogP contribution in [-0.2, 0) is 4.79 Å². The Bertz CT molecular complexity index is 731. The highest BCUT2D eigenvalue weighted by Crippen LogP contribution is 2.34. The van der Waals surface area contributed by atoms with Crippen LogP contribution in [0, 0.1) is 0 Å². The molecule has 1 aliphatic heterocycles. The molecule has 0 saturated heterocycles. The van der Waals surface area contributed by atoms with Gasteiger partial charge in [-0.15, -0.1) is 0 Å². The van der Waals surface area contributed by atoms with Gasteiger partial charge in [-0.05, 0) is 43.3 Å². The average Bonchev–Trinajstić information content (AvgIpc) is 2.54. The predicted molar refractivity (Wildman–Crippen MR) is 94.8 cm³/mol. The minimum atomic E-state index is -0.0861. The summed E-state index contributed by atoms with van der Waals surface area (Å²) < 4.78 is 10.9. The maximum Gasteiger partial charge on any atom is 0.243 e. The van der Waals surface area contributed by atoms with Gasteiger partial charge in [-0.25, -0.2) is 0 Å². The maximum absolute atomic E-state index is 12.4. The van der Waals surface area contributed by atoms with Gasteiger partial charge in [0.05, 0.1) is 25.9 Å². The van der Waals surface area contributed by atoms with Crippen molar-refractivity contribution in [2.24, 2.45) is 0 Å². The molecule has 3 N–H and O–H groups in total. The lowest BCUT2D eigenvalue weighted by Gasteiger charge is -2.34. The number of hydrogen-bond donors (Lipinski definition) is 2. The van der Waals surface area contributed by atoms with E-state index in [9.17, 15) is 4.79 Å². The lowest BCUT2D eigenvalue weighted by molar-refractivity contribution is -0.115. The minimum Gasteiger partial charge on any atom is -0.497 e. The molecule has 6 heteroatoms. The molecule has 1 aliphatic rings. The van der Waals surface area contributed by atoms with Crippen molar-refractivity contribution in [1.82, 2.24) is 0 Å². The van der Waals surface area contributed by atoms with Gasteiger partial charge in [-0.2, -0.15) is 0 Å². The molecule has 0 aliphatic carbocycles. The fourth-order valence-corrected chi connectivity index (χ4v) is 2.75. The fraction of sp³-hybridized carbons (Fsp3) is 0.278. The third-order valence-corrected chi connectivity index (χ3v) is 3.84. The van der Waals surface area contributed by atoms with Gasteiger partial charge in [-0.1, -0.05) is 0 Å². The number of hydrogen-bond acceptors (Lipinski definition) is 5. The standard InChI is InChI=1S/C18H21N3O3/c1-12-10-21(16-8-3-13(19)9-17(16)24-12)11-18(22)20-14-4-6-15(23-2)7-5-14/h3-9,12H,10-11,19H2,1-2H3,(H,20,22). The number of carbonyl (C=O) groups excluding carboxylic acids is 1. The van der Waals surface area contributed by atoms with Crippen molar-refractivity contribution >= 4 is 23.0 Å². The molecule has 0 fully saturated rings. The van der Waals surface area contributed by atoms with E-state index in [1.165, 1.54) is 0 Å². The van der Waals surface area contributed by atoms with E-state index in [4.69, 9.17) is 15.2 Å². The third-order valence-electron chi connectivity index (χ3n) is 3.84. The van der Waals surface area contributed by atoms with Crippen molar-refractivity contribution < 1.29 is 14.3 Å². The van der Waals surface area contributed by atoms with Crippen LogP contribution in [0.2, 0.25) is 0 Å². The van der Waals surface area contributed by atoms with E-state index in [1.807, 2.05) is 48.2 Å². The summed E-state index contributed by atoms with van der Waals surface area (Å²) in [5, 5.41) is 2.90. The van der Waals surface area contributed by atoms with Crippen LogP contribution >= 0.6 is 0 Å². The summed E-state index contributed by atoms with van der Waals surface area (Å²) in [5.74, 6) is 1.38. The molecular weight excluding hydrogens is 306 g/mol. The van der Waals surface area contributed by atoms with Crippen LogP contribution in [0.1, 0.15) is 6.92 Å². The Morgan fingerprint density at radius 2 is 2.08 bits per heavy atom. The van der Waals surface area contributed by atoms with Crippen molar-refractivity contribution in [2.45, 2.75) is 13.0 Å². The number of fused-ring (bicyclic) bond motifs is 1. The van der Waals surface area contributed by atoms with Gasteiger partial charge in [0, 0.05) is 17.4 Å². The maximum atomic E-state index is 12.4. The summed E-state index contributed by atoms with van der Waals surface area (Å²) in [7, 11) is 1.61. The molecule has 0 aromatic heterocycles. The van der Waals surface area contributed by atoms with Crippen LogP contribution in [0.25, 0.3) is 0 Å². The first-order valence-corrected chi connectivity index (χ1v) is 7.80. The first-order chi connectivity index (χ1) is 11.5. The van der Waals surface area contributed by atoms with Crippen molar-refractivity contribution in [3.63, 3.8) is 0 Å². The summed E-state index contributed by atoms with van der Waals surface area (Å²) in [5.41, 5.74) is 8.07. The van der Waals surface area contributed by atoms with Crippen molar-refractivity contribution in [3.05, 3.63) is 42.5 Å². The van der Waals surface area contributed by atoms with Gasteiger partial charge in [-0.3, -0.25) is 4.79 Å². The highest BCUT2D eigenvalue weighted by Gasteiger charge is 2.24. The Labute approximate surface area is 141 Å². The number of carbonyl (C=O) groups is 1. The zero-order chi connectivity index (χ0) is 17.1. The summed E-state index contributed by atoms with van der Waals surface area (Å²) in [6, 6.07) is 12.7. The molecule has 2 aromatic carbocycles. The molecule has 3 rings (SSSR count). The number of nitrogens with zero attached hydrogens (tertiary/aromatic N) is 1. The number of nitrogen functional groups attached to an aromatic ring is 1. The van der Waals surface area contributed by atoms with Gasteiger partial charge >= 0.3 is 0 Å². The largest absolute Gasteiger partial charge is 0.497 e. The predicted octanol–water partition coefficient (Wildman–Crippen LogP) is 2.50. The van der Waals surface area contributed by atoms with Crippen LogP contribution < -0.4 is 25.4 Å². The second kappa shape index (κ2) is 6.70. The lowest BCUT2D eigenvalue weighted by atomic mass is 10.2. The second-order valence-corrected chi connectivity index (χ2v) is 5.81. The second-order valence-electron chi connectivity index (χ2n) is 5.81. The Kier molecular flexibility index (Phi) is 4.46. The monoisotopic (exact) mass is 327 g/mol. The smallest absolute Gasteiger partial charge is 0.243 e. The zero-order valence-electron chi connectivity index (χ0n) is 13.8. The highest BCUT2D eigenvalue weighted by atomic mass is 16.5. The summed E-state index contributed by atoms with van der Waals surface area (Å²) >= 11 is 0. The molecule has 6 nitrogen and oxygen atoms in total. The topological polar surface area (TPSA) is 76.8 Å². The number of benzene rings is 2. The van der Waals surface area contributed by atoms with Crippen LogP contribution in [0.15, 0.2) is 42.5 Å². The summed E-state index contributed by atoms with van der Waals surface area (Å²) in [6.07, 6.45) is -0.00640. The molecular formula is C18H21N3O3. The molecule has 2 aromatic rings. The quantitative estimate of drug-likeness (QED) is 0.844. The normalized spacial score (nSPS) is 16.1. The van der Waals surface area contributed by atoms with E-state index in [2.05, 4.69) is 5.32 Å². The van der Waals surface area contributed by atoms with Crippen molar-refractivity contribution in [3.8, 4) is 11.5 Å². The molecule has 1 heterocycles. The number of amides is 1. The van der Waals surface area contributed by atoms with E-state index in [1.54, 1.807) is 13.2 Å². The number of rotatable bonds is 4. The zero-order valence-corrected chi connectivity index (χ0v) is 13.8. The van der Waals surface area contributed by atoms with Gasteiger partial charge in [0.2, 0.25) is 5.91 Å². The summed E-state index contributed by atoms with van der Waals surface area (Å²) in [4.78, 5) is 14.4. The van der Waals surface area contributed by atoms with E-state index in [0.717, 1.165) is 17.1 Å². The van der Waals surface area contributed by atoms with Gasteiger partial charge in [0.1, 0.15) is 17.6 Å². The van der Waals surface area contributed by atoms with Crippen LogP contribution in [0.3, 0.4) is 0 Å². The average molecular weight is 327 g/mol. The Morgan fingerprint density at radius 3 is 2.79 bits per heavy atom. The number of ether oxygens (including phenoxy) is 2. The molecule has 0 radical (unpaired) electrons. The third kappa shape index (κ3) is 3.53. The van der Waals surface area contributed by atoms with E-state index < -0.39 is 0 Å². The molecule has 1 amide bonds. The Balaban J connectivity index is 1.70. The molecule has 0 spiro atoms.